The number of rotatable bonds is 6. The Bertz CT molecular complexity index is 1090. The average Bonchev–Trinajstić information content (AvgIpc) is 3.16. The summed E-state index contributed by atoms with van der Waals surface area (Å²) in [5.74, 6) is 1.42. The van der Waals surface area contributed by atoms with Crippen LogP contribution in [0.2, 0.25) is 0 Å². The quantitative estimate of drug-likeness (QED) is 0.542. The number of piperidine rings is 1. The maximum Gasteiger partial charge on any atom is 0.446 e. The number of H-pyrrole nitrogens is 1. The summed E-state index contributed by atoms with van der Waals surface area (Å²) < 4.78 is 44.0. The van der Waals surface area contributed by atoms with Gasteiger partial charge in [0.05, 0.1) is 12.8 Å². The molecule has 1 aromatic heterocycles. The van der Waals surface area contributed by atoms with E-state index in [1.54, 1.807) is 43.5 Å². The zero-order valence-electron chi connectivity index (χ0n) is 17.4. The van der Waals surface area contributed by atoms with Crippen LogP contribution in [0.4, 0.5) is 13.2 Å². The fourth-order valence-corrected chi connectivity index (χ4v) is 4.44. The van der Waals surface area contributed by atoms with Crippen molar-refractivity contribution in [3.05, 3.63) is 70.4 Å². The number of alkyl halides is 3. The summed E-state index contributed by atoms with van der Waals surface area (Å²) in [6, 6.07) is 13.6. The summed E-state index contributed by atoms with van der Waals surface area (Å²) in [6.07, 6.45) is 1.86. The van der Waals surface area contributed by atoms with Gasteiger partial charge in [-0.05, 0) is 73.1 Å². The van der Waals surface area contributed by atoms with E-state index in [0.29, 0.717) is 30.4 Å². The molecule has 1 unspecified atom stereocenters. The molecular formula is C22H23F3N4O2S. The Morgan fingerprint density at radius 1 is 1.16 bits per heavy atom. The summed E-state index contributed by atoms with van der Waals surface area (Å²) in [4.78, 5) is 17.8. The normalized spacial score (nSPS) is 17.4. The van der Waals surface area contributed by atoms with Crippen LogP contribution in [-0.2, 0) is 6.54 Å². The summed E-state index contributed by atoms with van der Waals surface area (Å²) in [5, 5.41) is 4.52. The van der Waals surface area contributed by atoms with Gasteiger partial charge in [-0.3, -0.25) is 9.88 Å². The van der Waals surface area contributed by atoms with Crippen molar-refractivity contribution in [2.45, 2.75) is 35.7 Å². The van der Waals surface area contributed by atoms with E-state index in [0.717, 1.165) is 24.9 Å². The van der Waals surface area contributed by atoms with Gasteiger partial charge in [-0.25, -0.2) is 4.79 Å². The molecule has 1 N–H and O–H groups in total. The van der Waals surface area contributed by atoms with Crippen molar-refractivity contribution in [1.29, 1.82) is 0 Å². The van der Waals surface area contributed by atoms with Crippen molar-refractivity contribution in [2.24, 2.45) is 0 Å². The first-order valence-corrected chi connectivity index (χ1v) is 11.0. The summed E-state index contributed by atoms with van der Waals surface area (Å²) in [5.41, 5.74) is -2.97. The number of aromatic amines is 1. The number of methoxy groups -OCH3 is 1. The molecule has 1 atom stereocenters. The van der Waals surface area contributed by atoms with Gasteiger partial charge in [0.2, 0.25) is 0 Å². The third-order valence-electron chi connectivity index (χ3n) is 5.41. The number of nitrogens with zero attached hydrogens (tertiary/aromatic N) is 3. The van der Waals surface area contributed by atoms with Crippen LogP contribution in [0.25, 0.3) is 5.69 Å². The highest BCUT2D eigenvalue weighted by molar-refractivity contribution is 8.00. The molecule has 0 radical (unpaired) electrons. The third kappa shape index (κ3) is 5.55. The van der Waals surface area contributed by atoms with E-state index in [9.17, 15) is 18.0 Å². The Hall–Kier alpha value is -2.72. The van der Waals surface area contributed by atoms with Crippen LogP contribution in [0.15, 0.2) is 58.2 Å². The first-order valence-electron chi connectivity index (χ1n) is 10.2. The maximum absolute atomic E-state index is 12.5. The Morgan fingerprint density at radius 2 is 1.88 bits per heavy atom. The molecule has 0 saturated carbocycles. The molecule has 0 amide bonds. The van der Waals surface area contributed by atoms with Crippen LogP contribution in [0, 0.1) is 0 Å². The van der Waals surface area contributed by atoms with Crippen LogP contribution in [0.5, 0.6) is 5.75 Å². The van der Waals surface area contributed by atoms with Crippen molar-refractivity contribution in [3.8, 4) is 11.4 Å². The zero-order chi connectivity index (χ0) is 22.7. The minimum Gasteiger partial charge on any atom is -0.497 e. The molecule has 10 heteroatoms. The van der Waals surface area contributed by atoms with Crippen LogP contribution in [-0.4, -0.2) is 45.4 Å². The molecule has 0 spiro atoms. The molecule has 3 aromatic rings. The van der Waals surface area contributed by atoms with Crippen LogP contribution < -0.4 is 10.4 Å². The Morgan fingerprint density at radius 3 is 2.53 bits per heavy atom. The molecule has 6 nitrogen and oxygen atoms in total. The highest BCUT2D eigenvalue weighted by Gasteiger charge is 2.29. The predicted octanol–water partition coefficient (Wildman–Crippen LogP) is 4.56. The van der Waals surface area contributed by atoms with Gasteiger partial charge in [0, 0.05) is 23.9 Å². The molecule has 1 aliphatic heterocycles. The van der Waals surface area contributed by atoms with Gasteiger partial charge in [-0.2, -0.15) is 17.9 Å². The van der Waals surface area contributed by atoms with Gasteiger partial charge in [0.25, 0.3) is 0 Å². The zero-order valence-corrected chi connectivity index (χ0v) is 18.2. The molecule has 0 aliphatic carbocycles. The fraction of sp³-hybridized carbons (Fsp3) is 0.364. The Balaban J connectivity index is 1.42. The predicted molar refractivity (Wildman–Crippen MR) is 116 cm³/mol. The fourth-order valence-electron chi connectivity index (χ4n) is 3.90. The van der Waals surface area contributed by atoms with Gasteiger partial charge in [0.1, 0.15) is 11.6 Å². The summed E-state index contributed by atoms with van der Waals surface area (Å²) in [7, 11) is 1.58. The first kappa shape index (κ1) is 22.5. The van der Waals surface area contributed by atoms with Crippen molar-refractivity contribution < 1.29 is 17.9 Å². The van der Waals surface area contributed by atoms with E-state index in [2.05, 4.69) is 15.0 Å². The molecular weight excluding hydrogens is 441 g/mol. The second-order valence-corrected chi connectivity index (χ2v) is 8.83. The number of benzene rings is 2. The van der Waals surface area contributed by atoms with Gasteiger partial charge in [-0.15, -0.1) is 5.10 Å². The van der Waals surface area contributed by atoms with Crippen molar-refractivity contribution in [2.75, 3.05) is 20.2 Å². The maximum atomic E-state index is 12.5. The third-order valence-corrected chi connectivity index (χ3v) is 6.15. The molecule has 1 saturated heterocycles. The van der Waals surface area contributed by atoms with E-state index >= 15 is 0 Å². The van der Waals surface area contributed by atoms with E-state index in [1.807, 2.05) is 0 Å². The summed E-state index contributed by atoms with van der Waals surface area (Å²) >= 11 is -0.108. The van der Waals surface area contributed by atoms with Crippen LogP contribution >= 0.6 is 11.8 Å². The number of thioether (sulfide) groups is 1. The van der Waals surface area contributed by atoms with Crippen molar-refractivity contribution in [3.63, 3.8) is 0 Å². The number of aromatic nitrogens is 3. The van der Waals surface area contributed by atoms with Gasteiger partial charge in [0.15, 0.2) is 0 Å². The lowest BCUT2D eigenvalue weighted by Crippen LogP contribution is -2.34. The number of likely N-dealkylation sites (tertiary alicyclic amines) is 1. The van der Waals surface area contributed by atoms with E-state index in [-0.39, 0.29) is 28.3 Å². The van der Waals surface area contributed by atoms with Gasteiger partial charge < -0.3 is 4.74 Å². The second-order valence-electron chi connectivity index (χ2n) is 7.69. The molecule has 32 heavy (non-hydrogen) atoms. The topological polar surface area (TPSA) is 63.1 Å². The number of ether oxygens (including phenoxy) is 1. The minimum absolute atomic E-state index is 0.0796. The standard InChI is InChI=1S/C22H23F3N4O2S/c1-31-18-8-6-17(7-9-18)29-21(30)26-20(27-29)16-3-2-12-28(14-16)13-15-4-10-19(11-5-15)32-22(23,24)25/h4-11,16H,2-3,12-14H2,1H3,(H,26,27,30). The molecule has 1 fully saturated rings. The largest absolute Gasteiger partial charge is 0.497 e. The summed E-state index contributed by atoms with van der Waals surface area (Å²) in [6.45, 7) is 2.24. The van der Waals surface area contributed by atoms with Crippen molar-refractivity contribution >= 4 is 11.8 Å². The Kier molecular flexibility index (Phi) is 6.61. The lowest BCUT2D eigenvalue weighted by Gasteiger charge is -2.31. The SMILES string of the molecule is COc1ccc(-n2nc(C3CCCN(Cc4ccc(SC(F)(F)F)cc4)C3)[nH]c2=O)cc1. The number of hydrogen-bond acceptors (Lipinski definition) is 5. The van der Waals surface area contributed by atoms with E-state index < -0.39 is 5.51 Å². The van der Waals surface area contributed by atoms with Crippen LogP contribution in [0.3, 0.4) is 0 Å². The Labute approximate surface area is 187 Å². The molecule has 1 aliphatic rings. The molecule has 2 heterocycles. The highest BCUT2D eigenvalue weighted by Crippen LogP contribution is 2.36. The molecule has 4 rings (SSSR count). The van der Waals surface area contributed by atoms with Gasteiger partial charge in [-0.1, -0.05) is 12.1 Å². The van der Waals surface area contributed by atoms with Gasteiger partial charge >= 0.3 is 11.2 Å². The highest BCUT2D eigenvalue weighted by atomic mass is 32.2. The van der Waals surface area contributed by atoms with E-state index in [1.165, 1.54) is 16.8 Å². The van der Waals surface area contributed by atoms with E-state index in [4.69, 9.17) is 4.74 Å². The monoisotopic (exact) mass is 464 g/mol. The van der Waals surface area contributed by atoms with Crippen LogP contribution in [0.1, 0.15) is 30.1 Å². The second kappa shape index (κ2) is 9.41. The average molecular weight is 465 g/mol. The molecule has 170 valence electrons. The lowest BCUT2D eigenvalue weighted by molar-refractivity contribution is -0.0328. The smallest absolute Gasteiger partial charge is 0.446 e. The number of hydrogen-bond donors (Lipinski definition) is 1. The number of halogens is 3. The molecule has 2 aromatic carbocycles. The first-order chi connectivity index (χ1) is 15.3. The van der Waals surface area contributed by atoms with Crippen molar-refractivity contribution in [1.82, 2.24) is 19.7 Å². The minimum atomic E-state index is -4.28. The number of nitrogens with one attached hydrogen (secondary N) is 1. The lowest BCUT2D eigenvalue weighted by atomic mass is 9.97. The molecule has 0 bridgehead atoms.